The van der Waals surface area contributed by atoms with Gasteiger partial charge >= 0.3 is 11.9 Å². The number of nitrogens with one attached hydrogen (secondary N) is 1. The van der Waals surface area contributed by atoms with E-state index in [1.165, 1.54) is 12.3 Å². The fraction of sp³-hybridized carbons (Fsp3) is 0.125. The Balaban J connectivity index is 1.81. The molecule has 7 nitrogen and oxygen atoms in total. The Morgan fingerprint density at radius 3 is 2.78 bits per heavy atom. The molecule has 0 saturated carbocycles. The summed E-state index contributed by atoms with van der Waals surface area (Å²) < 4.78 is 5.00. The lowest BCUT2D eigenvalue weighted by atomic mass is 10.2. The van der Waals surface area contributed by atoms with Gasteiger partial charge in [0.25, 0.3) is 0 Å². The minimum absolute atomic E-state index is 0.0136. The number of carbonyl (C=O) groups excluding carboxylic acids is 1. The number of rotatable bonds is 4. The van der Waals surface area contributed by atoms with Gasteiger partial charge in [0.15, 0.2) is 0 Å². The largest absolute Gasteiger partial charge is 0.445 e. The van der Waals surface area contributed by atoms with Gasteiger partial charge in [-0.25, -0.2) is 4.79 Å². The minimum Gasteiger partial charge on any atom is -0.445 e. The van der Waals surface area contributed by atoms with Gasteiger partial charge in [-0.1, -0.05) is 42.2 Å². The van der Waals surface area contributed by atoms with Gasteiger partial charge < -0.3 is 20.2 Å². The lowest BCUT2D eigenvalue weighted by Gasteiger charge is -2.04. The van der Waals surface area contributed by atoms with E-state index in [0.29, 0.717) is 0 Å². The Labute approximate surface area is 132 Å². The maximum atomic E-state index is 11.5. The molecular formula is C16H13N3O4. The highest BCUT2D eigenvalue weighted by Crippen LogP contribution is 2.11. The number of benzene rings is 1. The first kappa shape index (κ1) is 16.0. The summed E-state index contributed by atoms with van der Waals surface area (Å²) in [7, 11) is 0. The van der Waals surface area contributed by atoms with Crippen LogP contribution in [-0.4, -0.2) is 22.5 Å². The first-order valence-electron chi connectivity index (χ1n) is 6.69. The van der Waals surface area contributed by atoms with Crippen LogP contribution in [0.4, 0.5) is 10.6 Å². The molecule has 0 aliphatic heterocycles. The van der Waals surface area contributed by atoms with Gasteiger partial charge in [0.05, 0.1) is 6.54 Å². The molecule has 2 rings (SSSR count). The Bertz CT molecular complexity index is 751. The Morgan fingerprint density at radius 2 is 2.04 bits per heavy atom. The van der Waals surface area contributed by atoms with Crippen LogP contribution in [0, 0.1) is 22.0 Å². The van der Waals surface area contributed by atoms with Crippen LogP contribution in [0.3, 0.4) is 0 Å². The smallest absolute Gasteiger partial charge is 0.408 e. The highest BCUT2D eigenvalue weighted by Gasteiger charge is 2.11. The third kappa shape index (κ3) is 5.13. The Morgan fingerprint density at radius 1 is 1.26 bits per heavy atom. The van der Waals surface area contributed by atoms with Crippen molar-refractivity contribution in [3.05, 3.63) is 69.9 Å². The van der Waals surface area contributed by atoms with Gasteiger partial charge in [-0.05, 0) is 27.6 Å². The molecule has 7 heteroatoms. The predicted molar refractivity (Wildman–Crippen MR) is 82.4 cm³/mol. The van der Waals surface area contributed by atoms with Crippen LogP contribution in [0.15, 0.2) is 48.7 Å². The number of aromatic nitrogens is 1. The van der Waals surface area contributed by atoms with Crippen molar-refractivity contribution in [1.29, 1.82) is 0 Å². The van der Waals surface area contributed by atoms with Crippen LogP contribution >= 0.6 is 0 Å². The lowest BCUT2D eigenvalue weighted by Crippen LogP contribution is -2.24. The van der Waals surface area contributed by atoms with E-state index >= 15 is 0 Å². The first-order chi connectivity index (χ1) is 11.2. The number of hydrogen-bond acceptors (Lipinski definition) is 5. The van der Waals surface area contributed by atoms with E-state index in [2.05, 4.69) is 22.1 Å². The van der Waals surface area contributed by atoms with Crippen LogP contribution < -0.4 is 5.32 Å². The minimum atomic E-state index is -0.608. The standard InChI is InChI=1S/C16H13N3O4/c20-16(23-12-13-6-2-1-3-7-13)18-11-5-9-14-8-4-10-17-15(14)19(21)22/h1-4,6-8,10H,11-12H2,(H,18,20). The highest BCUT2D eigenvalue weighted by molar-refractivity contribution is 5.67. The second-order valence-electron chi connectivity index (χ2n) is 4.35. The summed E-state index contributed by atoms with van der Waals surface area (Å²) in [5.41, 5.74) is 1.07. The van der Waals surface area contributed by atoms with Crippen molar-refractivity contribution in [2.75, 3.05) is 6.54 Å². The molecule has 0 bridgehead atoms. The second kappa shape index (κ2) is 8.14. The van der Waals surface area contributed by atoms with Crippen molar-refractivity contribution < 1.29 is 14.5 Å². The van der Waals surface area contributed by atoms with Crippen molar-refractivity contribution in [3.63, 3.8) is 0 Å². The Kier molecular flexibility index (Phi) is 5.66. The first-order valence-corrected chi connectivity index (χ1v) is 6.69. The molecule has 0 radical (unpaired) electrons. The number of nitro groups is 1. The summed E-state index contributed by atoms with van der Waals surface area (Å²) in [5, 5.41) is 13.2. The molecule has 0 spiro atoms. The zero-order chi connectivity index (χ0) is 16.5. The molecule has 0 atom stereocenters. The van der Waals surface area contributed by atoms with Gasteiger partial charge in [-0.2, -0.15) is 0 Å². The van der Waals surface area contributed by atoms with E-state index in [0.717, 1.165) is 5.56 Å². The van der Waals surface area contributed by atoms with Gasteiger partial charge in [-0.3, -0.25) is 0 Å². The van der Waals surface area contributed by atoms with E-state index in [1.54, 1.807) is 6.07 Å². The molecular weight excluding hydrogens is 298 g/mol. The fourth-order valence-electron chi connectivity index (χ4n) is 1.67. The monoisotopic (exact) mass is 311 g/mol. The van der Waals surface area contributed by atoms with Crippen LogP contribution in [0.25, 0.3) is 0 Å². The summed E-state index contributed by atoms with van der Waals surface area (Å²) >= 11 is 0. The number of alkyl carbamates (subject to hydrolysis) is 1. The van der Waals surface area contributed by atoms with E-state index in [1.807, 2.05) is 30.3 Å². The van der Waals surface area contributed by atoms with Crippen molar-refractivity contribution >= 4 is 11.9 Å². The number of carbonyl (C=O) groups is 1. The van der Waals surface area contributed by atoms with Crippen molar-refractivity contribution in [1.82, 2.24) is 10.3 Å². The van der Waals surface area contributed by atoms with Gasteiger partial charge in [0.2, 0.25) is 0 Å². The molecule has 23 heavy (non-hydrogen) atoms. The average Bonchev–Trinajstić information content (AvgIpc) is 2.58. The van der Waals surface area contributed by atoms with Crippen LogP contribution in [-0.2, 0) is 11.3 Å². The molecule has 0 aliphatic rings. The summed E-state index contributed by atoms with van der Waals surface area (Å²) in [6, 6.07) is 12.3. The molecule has 1 N–H and O–H groups in total. The van der Waals surface area contributed by atoms with Gasteiger partial charge in [0.1, 0.15) is 18.4 Å². The summed E-state index contributed by atoms with van der Waals surface area (Å²) in [5.74, 6) is 4.91. The molecule has 2 aromatic rings. The quantitative estimate of drug-likeness (QED) is 0.531. The number of pyridine rings is 1. The molecule has 116 valence electrons. The number of ether oxygens (including phenoxy) is 1. The van der Waals surface area contributed by atoms with Crippen molar-refractivity contribution in [3.8, 4) is 11.8 Å². The molecule has 1 aromatic carbocycles. The maximum absolute atomic E-state index is 11.5. The summed E-state index contributed by atoms with van der Waals surface area (Å²) in [6.07, 6.45) is 0.714. The number of hydrogen-bond donors (Lipinski definition) is 1. The summed E-state index contributed by atoms with van der Waals surface area (Å²) in [6.45, 7) is 0.174. The topological polar surface area (TPSA) is 94.4 Å². The third-order valence-corrected chi connectivity index (χ3v) is 2.72. The predicted octanol–water partition coefficient (Wildman–Crippen LogP) is 2.27. The number of amides is 1. The van der Waals surface area contributed by atoms with E-state index in [-0.39, 0.29) is 24.5 Å². The van der Waals surface area contributed by atoms with E-state index < -0.39 is 11.0 Å². The van der Waals surface area contributed by atoms with Crippen molar-refractivity contribution in [2.45, 2.75) is 6.61 Å². The van der Waals surface area contributed by atoms with E-state index in [9.17, 15) is 14.9 Å². The zero-order valence-electron chi connectivity index (χ0n) is 12.1. The van der Waals surface area contributed by atoms with Gasteiger partial charge in [-0.15, -0.1) is 0 Å². The molecule has 1 amide bonds. The van der Waals surface area contributed by atoms with Crippen molar-refractivity contribution in [2.24, 2.45) is 0 Å². The molecule has 0 fully saturated rings. The molecule has 0 unspecified atom stereocenters. The van der Waals surface area contributed by atoms with Crippen LogP contribution in [0.5, 0.6) is 0 Å². The SMILES string of the molecule is O=C(NCC#Cc1cccnc1[N+](=O)[O-])OCc1ccccc1. The van der Waals surface area contributed by atoms with Crippen LogP contribution in [0.2, 0.25) is 0 Å². The number of nitrogens with zero attached hydrogens (tertiary/aromatic N) is 2. The third-order valence-electron chi connectivity index (χ3n) is 2.72. The fourth-order valence-corrected chi connectivity index (χ4v) is 1.67. The second-order valence-corrected chi connectivity index (χ2v) is 4.35. The normalized spacial score (nSPS) is 9.39. The molecule has 0 aliphatic carbocycles. The molecule has 1 heterocycles. The van der Waals surface area contributed by atoms with Crippen LogP contribution in [0.1, 0.15) is 11.1 Å². The highest BCUT2D eigenvalue weighted by atomic mass is 16.6. The Hall–Kier alpha value is -3.40. The lowest BCUT2D eigenvalue weighted by molar-refractivity contribution is -0.389. The molecule has 1 aromatic heterocycles. The van der Waals surface area contributed by atoms with E-state index in [4.69, 9.17) is 4.74 Å². The zero-order valence-corrected chi connectivity index (χ0v) is 12.1. The maximum Gasteiger partial charge on any atom is 0.408 e. The average molecular weight is 311 g/mol. The molecule has 0 saturated heterocycles. The summed E-state index contributed by atoms with van der Waals surface area (Å²) in [4.78, 5) is 25.3. The van der Waals surface area contributed by atoms with Gasteiger partial charge in [0, 0.05) is 0 Å².